The zero-order valence-corrected chi connectivity index (χ0v) is 20.8. The lowest BCUT2D eigenvalue weighted by Crippen LogP contribution is -2.43. The Morgan fingerprint density at radius 1 is 0.667 bits per heavy atom. The predicted molar refractivity (Wildman–Crippen MR) is 140 cm³/mol. The summed E-state index contributed by atoms with van der Waals surface area (Å²) in [7, 11) is 0. The van der Waals surface area contributed by atoms with E-state index < -0.39 is 0 Å². The van der Waals surface area contributed by atoms with E-state index in [0.29, 0.717) is 12.0 Å². The van der Waals surface area contributed by atoms with Gasteiger partial charge in [-0.1, -0.05) is 125 Å². The van der Waals surface area contributed by atoms with Crippen molar-refractivity contribution in [2.45, 2.75) is 96.4 Å². The summed E-state index contributed by atoms with van der Waals surface area (Å²) in [6.45, 7) is 2.29. The number of nitrogens with zero attached hydrogens (tertiary/aromatic N) is 1. The molecule has 33 heavy (non-hydrogen) atoms. The standard InChI is InChI=1S/C31H44N2/c1-2-3-4-5-6-7-8-9-10-17-22-31(33-24-23-32-27-33)30(25-28-18-13-11-14-19-28)26-29-20-15-12-16-21-29/h11-16,18-21,23-24,27,30-31H,2-10,17,22,25-26H2,1H3/p+1. The lowest BCUT2D eigenvalue weighted by molar-refractivity contribution is -0.729. The Bertz CT molecular complexity index is 784. The summed E-state index contributed by atoms with van der Waals surface area (Å²) in [6.07, 6.45) is 23.9. The average Bonchev–Trinajstić information content (AvgIpc) is 3.38. The van der Waals surface area contributed by atoms with Gasteiger partial charge in [0.05, 0.1) is 0 Å². The van der Waals surface area contributed by atoms with Gasteiger partial charge in [0.15, 0.2) is 0 Å². The summed E-state index contributed by atoms with van der Waals surface area (Å²) in [4.78, 5) is 3.29. The third-order valence-corrected chi connectivity index (χ3v) is 7.03. The van der Waals surface area contributed by atoms with Crippen LogP contribution in [0, 0.1) is 5.92 Å². The molecule has 2 aromatic carbocycles. The summed E-state index contributed by atoms with van der Waals surface area (Å²) in [5.41, 5.74) is 2.89. The second kappa shape index (κ2) is 15.5. The van der Waals surface area contributed by atoms with Crippen LogP contribution >= 0.6 is 0 Å². The third-order valence-electron chi connectivity index (χ3n) is 7.03. The highest BCUT2D eigenvalue weighted by Gasteiger charge is 2.27. The van der Waals surface area contributed by atoms with Crippen molar-refractivity contribution >= 4 is 0 Å². The van der Waals surface area contributed by atoms with Crippen LogP contribution in [-0.4, -0.2) is 4.98 Å². The van der Waals surface area contributed by atoms with Crippen molar-refractivity contribution < 1.29 is 4.57 Å². The molecule has 3 aromatic rings. The summed E-state index contributed by atoms with van der Waals surface area (Å²) < 4.78 is 2.43. The van der Waals surface area contributed by atoms with Crippen molar-refractivity contribution in [2.75, 3.05) is 0 Å². The molecule has 0 saturated carbocycles. The van der Waals surface area contributed by atoms with Crippen LogP contribution in [0.2, 0.25) is 0 Å². The van der Waals surface area contributed by atoms with E-state index in [0.717, 1.165) is 12.8 Å². The zero-order valence-electron chi connectivity index (χ0n) is 20.8. The second-order valence-electron chi connectivity index (χ2n) is 9.74. The molecule has 1 N–H and O–H groups in total. The van der Waals surface area contributed by atoms with Crippen LogP contribution < -0.4 is 4.57 Å². The number of aromatic amines is 1. The van der Waals surface area contributed by atoms with Crippen LogP contribution in [0.4, 0.5) is 0 Å². The van der Waals surface area contributed by atoms with Gasteiger partial charge in [-0.05, 0) is 36.8 Å². The van der Waals surface area contributed by atoms with Crippen molar-refractivity contribution in [1.82, 2.24) is 4.98 Å². The molecule has 0 aliphatic heterocycles. The largest absolute Gasteiger partial charge is 0.250 e. The van der Waals surface area contributed by atoms with Gasteiger partial charge in [-0.3, -0.25) is 4.98 Å². The minimum absolute atomic E-state index is 0.519. The molecule has 0 aliphatic carbocycles. The predicted octanol–water partition coefficient (Wildman–Crippen LogP) is 8.26. The first-order valence-corrected chi connectivity index (χ1v) is 13.5. The molecule has 1 aromatic heterocycles. The summed E-state index contributed by atoms with van der Waals surface area (Å²) in [5, 5.41) is 0. The first kappa shape index (κ1) is 25.3. The fourth-order valence-corrected chi connectivity index (χ4v) is 5.15. The van der Waals surface area contributed by atoms with Crippen LogP contribution in [0.3, 0.4) is 0 Å². The number of imidazole rings is 1. The van der Waals surface area contributed by atoms with Crippen molar-refractivity contribution in [1.29, 1.82) is 0 Å². The summed E-state index contributed by atoms with van der Waals surface area (Å²) >= 11 is 0. The first-order chi connectivity index (χ1) is 16.4. The summed E-state index contributed by atoms with van der Waals surface area (Å²) in [6, 6.07) is 22.6. The molecular weight excluding hydrogens is 400 g/mol. The smallest absolute Gasteiger partial charge is 0.241 e. The molecule has 2 heteroatoms. The van der Waals surface area contributed by atoms with Gasteiger partial charge in [-0.15, -0.1) is 0 Å². The number of benzene rings is 2. The quantitative estimate of drug-likeness (QED) is 0.159. The number of hydrogen-bond acceptors (Lipinski definition) is 0. The van der Waals surface area contributed by atoms with Gasteiger partial charge in [0.25, 0.3) is 0 Å². The van der Waals surface area contributed by atoms with Gasteiger partial charge in [-0.2, -0.15) is 0 Å². The molecule has 2 nitrogen and oxygen atoms in total. The highest BCUT2D eigenvalue weighted by atomic mass is 15.1. The van der Waals surface area contributed by atoms with Gasteiger partial charge in [0.2, 0.25) is 6.33 Å². The normalized spacial score (nSPS) is 12.3. The number of aromatic nitrogens is 2. The topological polar surface area (TPSA) is 19.7 Å². The fourth-order valence-electron chi connectivity index (χ4n) is 5.15. The molecule has 1 atom stereocenters. The van der Waals surface area contributed by atoms with Gasteiger partial charge in [0.1, 0.15) is 18.4 Å². The van der Waals surface area contributed by atoms with E-state index in [2.05, 4.69) is 95.9 Å². The molecule has 0 spiro atoms. The molecule has 1 heterocycles. The maximum atomic E-state index is 3.29. The number of hydrogen-bond donors (Lipinski definition) is 1. The number of nitrogens with one attached hydrogen (secondary N) is 1. The van der Waals surface area contributed by atoms with Gasteiger partial charge in [0, 0.05) is 5.92 Å². The molecule has 1 unspecified atom stereocenters. The fraction of sp³-hybridized carbons (Fsp3) is 0.516. The minimum atomic E-state index is 0.519. The van der Waals surface area contributed by atoms with E-state index in [1.165, 1.54) is 81.8 Å². The van der Waals surface area contributed by atoms with E-state index in [-0.39, 0.29) is 0 Å². The highest BCUT2D eigenvalue weighted by molar-refractivity contribution is 5.19. The van der Waals surface area contributed by atoms with E-state index >= 15 is 0 Å². The Morgan fingerprint density at radius 2 is 1.18 bits per heavy atom. The van der Waals surface area contributed by atoms with Crippen LogP contribution in [0.15, 0.2) is 79.4 Å². The molecule has 0 amide bonds. The monoisotopic (exact) mass is 445 g/mol. The van der Waals surface area contributed by atoms with Crippen molar-refractivity contribution in [2.24, 2.45) is 5.92 Å². The Hall–Kier alpha value is -2.35. The minimum Gasteiger partial charge on any atom is -0.250 e. The maximum Gasteiger partial charge on any atom is 0.241 e. The second-order valence-corrected chi connectivity index (χ2v) is 9.74. The summed E-state index contributed by atoms with van der Waals surface area (Å²) in [5.74, 6) is 0.578. The van der Waals surface area contributed by atoms with Crippen molar-refractivity contribution in [3.63, 3.8) is 0 Å². The van der Waals surface area contributed by atoms with E-state index in [4.69, 9.17) is 0 Å². The van der Waals surface area contributed by atoms with Crippen LogP contribution in [-0.2, 0) is 12.8 Å². The number of H-pyrrole nitrogens is 1. The Morgan fingerprint density at radius 3 is 1.67 bits per heavy atom. The van der Waals surface area contributed by atoms with Gasteiger partial charge in [-0.25, -0.2) is 4.57 Å². The van der Waals surface area contributed by atoms with Crippen LogP contribution in [0.5, 0.6) is 0 Å². The van der Waals surface area contributed by atoms with E-state index in [9.17, 15) is 0 Å². The SMILES string of the molecule is CCCCCCCCCCCCC(C(Cc1ccccc1)Cc1ccccc1)[n+]1cc[nH]c1. The first-order valence-electron chi connectivity index (χ1n) is 13.5. The highest BCUT2D eigenvalue weighted by Crippen LogP contribution is 2.27. The van der Waals surface area contributed by atoms with Gasteiger partial charge < -0.3 is 0 Å². The van der Waals surface area contributed by atoms with E-state index in [1.54, 1.807) is 0 Å². The van der Waals surface area contributed by atoms with Gasteiger partial charge >= 0.3 is 0 Å². The Kier molecular flexibility index (Phi) is 11.9. The van der Waals surface area contributed by atoms with E-state index in [1.807, 2.05) is 0 Å². The lowest BCUT2D eigenvalue weighted by Gasteiger charge is -2.25. The molecule has 0 bridgehead atoms. The molecule has 0 radical (unpaired) electrons. The molecule has 178 valence electrons. The maximum absolute atomic E-state index is 3.29. The molecule has 0 aliphatic rings. The average molecular weight is 446 g/mol. The van der Waals surface area contributed by atoms with Crippen LogP contribution in [0.1, 0.15) is 94.7 Å². The lowest BCUT2D eigenvalue weighted by atomic mass is 9.84. The van der Waals surface area contributed by atoms with Crippen LogP contribution in [0.25, 0.3) is 0 Å². The molecule has 0 fully saturated rings. The number of rotatable bonds is 17. The third kappa shape index (κ3) is 9.58. The Balaban J connectivity index is 1.56. The molecular formula is C31H45N2+. The number of unbranched alkanes of at least 4 members (excludes halogenated alkanes) is 9. The van der Waals surface area contributed by atoms with Crippen molar-refractivity contribution in [3.05, 3.63) is 90.5 Å². The molecule has 3 rings (SSSR count). The van der Waals surface area contributed by atoms with Crippen molar-refractivity contribution in [3.8, 4) is 0 Å². The zero-order chi connectivity index (χ0) is 23.0. The molecule has 0 saturated heterocycles. The Labute approximate surface area is 202 Å².